The number of methoxy groups -OCH3 is 1. The maximum atomic E-state index is 12.5. The van der Waals surface area contributed by atoms with Crippen LogP contribution in [0.1, 0.15) is 15.9 Å². The quantitative estimate of drug-likeness (QED) is 0.763. The van der Waals surface area contributed by atoms with E-state index in [2.05, 4.69) is 5.38 Å². The third kappa shape index (κ3) is 4.40. The molecule has 6 heteroatoms. The zero-order chi connectivity index (χ0) is 16.8. The van der Waals surface area contributed by atoms with Gasteiger partial charge in [0.25, 0.3) is 0 Å². The number of hydrogen-bond acceptors (Lipinski definition) is 5. The summed E-state index contributed by atoms with van der Waals surface area (Å²) < 4.78 is 4.77. The Bertz CT molecular complexity index is 670. The minimum absolute atomic E-state index is 0.0842. The van der Waals surface area contributed by atoms with Crippen molar-refractivity contribution in [2.45, 2.75) is 6.54 Å². The van der Waals surface area contributed by atoms with Gasteiger partial charge in [-0.3, -0.25) is 9.69 Å². The first kappa shape index (κ1) is 17.2. The molecule has 1 aromatic heterocycles. The Morgan fingerprint density at radius 2 is 1.91 bits per heavy atom. The Morgan fingerprint density at radius 1 is 1.17 bits per heavy atom. The summed E-state index contributed by atoms with van der Waals surface area (Å²) in [7, 11) is 4.90. The largest absolute Gasteiger partial charge is 0.465 e. The molecule has 0 N–H and O–H groups in total. The number of anilines is 1. The van der Waals surface area contributed by atoms with E-state index in [0.717, 1.165) is 0 Å². The van der Waals surface area contributed by atoms with Crippen molar-refractivity contribution in [2.24, 2.45) is 0 Å². The van der Waals surface area contributed by atoms with Crippen LogP contribution in [-0.4, -0.2) is 44.5 Å². The van der Waals surface area contributed by atoms with E-state index >= 15 is 0 Å². The van der Waals surface area contributed by atoms with Crippen LogP contribution in [0.25, 0.3) is 0 Å². The number of para-hydroxylation sites is 1. The van der Waals surface area contributed by atoms with E-state index in [-0.39, 0.29) is 12.5 Å². The van der Waals surface area contributed by atoms with Crippen LogP contribution in [0.5, 0.6) is 0 Å². The van der Waals surface area contributed by atoms with E-state index in [1.807, 2.05) is 23.4 Å². The van der Waals surface area contributed by atoms with Crippen LogP contribution in [-0.2, 0) is 16.1 Å². The second-order valence-electron chi connectivity index (χ2n) is 5.27. The number of carbonyl (C=O) groups is 2. The Kier molecular flexibility index (Phi) is 5.90. The van der Waals surface area contributed by atoms with Gasteiger partial charge in [-0.05, 0) is 41.6 Å². The van der Waals surface area contributed by atoms with E-state index in [0.29, 0.717) is 17.8 Å². The highest BCUT2D eigenvalue weighted by atomic mass is 32.1. The van der Waals surface area contributed by atoms with Crippen LogP contribution in [0.2, 0.25) is 0 Å². The summed E-state index contributed by atoms with van der Waals surface area (Å²) in [6.45, 7) is 0.976. The number of rotatable bonds is 6. The number of carbonyl (C=O) groups excluding carboxylic acids is 2. The maximum absolute atomic E-state index is 12.5. The van der Waals surface area contributed by atoms with Gasteiger partial charge >= 0.3 is 5.97 Å². The third-order valence-corrected chi connectivity index (χ3v) is 4.21. The van der Waals surface area contributed by atoms with Gasteiger partial charge in [0.2, 0.25) is 5.91 Å². The van der Waals surface area contributed by atoms with Crippen molar-refractivity contribution in [3.63, 3.8) is 0 Å². The highest BCUT2D eigenvalue weighted by Gasteiger charge is 2.19. The molecule has 0 aliphatic heterocycles. The number of likely N-dealkylation sites (N-methyl/N-ethyl adjacent to an activating group) is 2. The Labute approximate surface area is 140 Å². The summed E-state index contributed by atoms with van der Waals surface area (Å²) in [6, 6.07) is 8.97. The number of esters is 1. The van der Waals surface area contributed by atoms with Crippen molar-refractivity contribution in [1.29, 1.82) is 0 Å². The van der Waals surface area contributed by atoms with Gasteiger partial charge in [0.05, 0.1) is 24.9 Å². The molecule has 122 valence electrons. The highest BCUT2D eigenvalue weighted by Crippen LogP contribution is 2.20. The molecule has 1 heterocycles. The summed E-state index contributed by atoms with van der Waals surface area (Å²) in [6.07, 6.45) is 0. The van der Waals surface area contributed by atoms with Gasteiger partial charge < -0.3 is 9.64 Å². The van der Waals surface area contributed by atoms with Gasteiger partial charge in [-0.25, -0.2) is 4.79 Å². The molecular weight excluding hydrogens is 312 g/mol. The van der Waals surface area contributed by atoms with Gasteiger partial charge in [0.15, 0.2) is 0 Å². The predicted molar refractivity (Wildman–Crippen MR) is 91.8 cm³/mol. The van der Waals surface area contributed by atoms with E-state index < -0.39 is 5.97 Å². The Morgan fingerprint density at radius 3 is 2.57 bits per heavy atom. The lowest BCUT2D eigenvalue weighted by Gasteiger charge is -2.23. The molecule has 0 radical (unpaired) electrons. The average molecular weight is 332 g/mol. The topological polar surface area (TPSA) is 49.9 Å². The molecule has 0 saturated heterocycles. The summed E-state index contributed by atoms with van der Waals surface area (Å²) in [5.74, 6) is -0.536. The SMILES string of the molecule is COC(=O)c1ccccc1N(C)C(=O)CN(C)Cc1ccsc1. The van der Waals surface area contributed by atoms with Crippen molar-refractivity contribution in [3.8, 4) is 0 Å². The minimum Gasteiger partial charge on any atom is -0.465 e. The van der Waals surface area contributed by atoms with Crippen LogP contribution in [0.3, 0.4) is 0 Å². The fourth-order valence-corrected chi connectivity index (χ4v) is 2.93. The van der Waals surface area contributed by atoms with Crippen LogP contribution < -0.4 is 4.90 Å². The fraction of sp³-hybridized carbons (Fsp3) is 0.294. The molecule has 0 aliphatic rings. The van der Waals surface area contributed by atoms with Crippen molar-refractivity contribution in [3.05, 3.63) is 52.2 Å². The molecular formula is C17H20N2O3S. The van der Waals surface area contributed by atoms with Crippen molar-refractivity contribution in [2.75, 3.05) is 32.6 Å². The van der Waals surface area contributed by atoms with E-state index in [1.54, 1.807) is 42.6 Å². The molecule has 2 rings (SSSR count). The molecule has 1 amide bonds. The average Bonchev–Trinajstić information content (AvgIpc) is 3.06. The molecule has 0 aliphatic carbocycles. The first-order valence-electron chi connectivity index (χ1n) is 7.16. The fourth-order valence-electron chi connectivity index (χ4n) is 2.27. The first-order valence-corrected chi connectivity index (χ1v) is 8.10. The molecule has 1 aromatic carbocycles. The minimum atomic E-state index is -0.452. The first-order chi connectivity index (χ1) is 11.0. The molecule has 2 aromatic rings. The second kappa shape index (κ2) is 7.89. The summed E-state index contributed by atoms with van der Waals surface area (Å²) in [5.41, 5.74) is 2.11. The summed E-state index contributed by atoms with van der Waals surface area (Å²) in [5, 5.41) is 4.08. The summed E-state index contributed by atoms with van der Waals surface area (Å²) in [4.78, 5) is 27.7. The monoisotopic (exact) mass is 332 g/mol. The van der Waals surface area contributed by atoms with E-state index in [1.165, 1.54) is 17.6 Å². The van der Waals surface area contributed by atoms with Gasteiger partial charge in [0, 0.05) is 13.6 Å². The molecule has 0 bridgehead atoms. The third-order valence-electron chi connectivity index (χ3n) is 3.48. The lowest BCUT2D eigenvalue weighted by Crippen LogP contribution is -2.37. The Hall–Kier alpha value is -2.18. The number of benzene rings is 1. The molecule has 0 fully saturated rings. The number of amides is 1. The lowest BCUT2D eigenvalue weighted by molar-refractivity contribution is -0.119. The molecule has 0 unspecified atom stereocenters. The molecule has 23 heavy (non-hydrogen) atoms. The van der Waals surface area contributed by atoms with E-state index in [4.69, 9.17) is 4.74 Å². The maximum Gasteiger partial charge on any atom is 0.339 e. The molecule has 0 spiro atoms. The molecule has 0 atom stereocenters. The zero-order valence-corrected chi connectivity index (χ0v) is 14.3. The van der Waals surface area contributed by atoms with E-state index in [9.17, 15) is 9.59 Å². The van der Waals surface area contributed by atoms with Gasteiger partial charge in [-0.1, -0.05) is 12.1 Å². The van der Waals surface area contributed by atoms with Crippen LogP contribution >= 0.6 is 11.3 Å². The smallest absolute Gasteiger partial charge is 0.339 e. The van der Waals surface area contributed by atoms with Crippen molar-refractivity contribution >= 4 is 28.9 Å². The number of thiophene rings is 1. The predicted octanol–water partition coefficient (Wildman–Crippen LogP) is 2.63. The normalized spacial score (nSPS) is 10.6. The highest BCUT2D eigenvalue weighted by molar-refractivity contribution is 7.07. The zero-order valence-electron chi connectivity index (χ0n) is 13.5. The second-order valence-corrected chi connectivity index (χ2v) is 6.05. The lowest BCUT2D eigenvalue weighted by atomic mass is 10.1. The number of ether oxygens (including phenoxy) is 1. The van der Waals surface area contributed by atoms with Crippen LogP contribution in [0.4, 0.5) is 5.69 Å². The van der Waals surface area contributed by atoms with Crippen molar-refractivity contribution in [1.82, 2.24) is 4.90 Å². The molecule has 0 saturated carbocycles. The molecule has 5 nitrogen and oxygen atoms in total. The Balaban J connectivity index is 2.06. The number of hydrogen-bond donors (Lipinski definition) is 0. The van der Waals surface area contributed by atoms with Crippen molar-refractivity contribution < 1.29 is 14.3 Å². The van der Waals surface area contributed by atoms with Gasteiger partial charge in [-0.2, -0.15) is 11.3 Å². The standard InChI is InChI=1S/C17H20N2O3S/c1-18(10-13-8-9-23-12-13)11-16(20)19(2)15-7-5-4-6-14(15)17(21)22-3/h4-9,12H,10-11H2,1-3H3. The summed E-state index contributed by atoms with van der Waals surface area (Å²) >= 11 is 1.64. The van der Waals surface area contributed by atoms with Gasteiger partial charge in [0.1, 0.15) is 0 Å². The van der Waals surface area contributed by atoms with Crippen LogP contribution in [0.15, 0.2) is 41.1 Å². The number of nitrogens with zero attached hydrogens (tertiary/aromatic N) is 2. The van der Waals surface area contributed by atoms with Crippen LogP contribution in [0, 0.1) is 0 Å². The van der Waals surface area contributed by atoms with Gasteiger partial charge in [-0.15, -0.1) is 0 Å².